The van der Waals surface area contributed by atoms with Crippen molar-refractivity contribution in [3.8, 4) is 0 Å². The molecule has 25 heavy (non-hydrogen) atoms. The molecule has 0 saturated carbocycles. The molecule has 1 aromatic carbocycles. The van der Waals surface area contributed by atoms with Crippen molar-refractivity contribution in [3.63, 3.8) is 0 Å². The normalized spacial score (nSPS) is 17.3. The first-order valence-corrected chi connectivity index (χ1v) is 7.62. The number of alkyl halides is 3. The predicted molar refractivity (Wildman–Crippen MR) is 84.4 cm³/mol. The van der Waals surface area contributed by atoms with Gasteiger partial charge in [-0.1, -0.05) is 6.07 Å². The van der Waals surface area contributed by atoms with E-state index in [0.717, 1.165) is 18.6 Å². The molecule has 1 unspecified atom stereocenters. The fourth-order valence-corrected chi connectivity index (χ4v) is 2.38. The van der Waals surface area contributed by atoms with Crippen LogP contribution in [0.4, 0.5) is 30.5 Å². The smallest absolute Gasteiger partial charge is 0.368 e. The highest BCUT2D eigenvalue weighted by Gasteiger charge is 2.30. The summed E-state index contributed by atoms with van der Waals surface area (Å²) in [5, 5.41) is 13.0. The van der Waals surface area contributed by atoms with Gasteiger partial charge in [0.05, 0.1) is 5.56 Å². The lowest BCUT2D eigenvalue weighted by Crippen LogP contribution is -2.27. The Morgan fingerprint density at radius 2 is 1.92 bits per heavy atom. The van der Waals surface area contributed by atoms with Crippen molar-refractivity contribution in [1.29, 1.82) is 0 Å². The predicted octanol–water partition coefficient (Wildman–Crippen LogP) is 3.36. The highest BCUT2D eigenvalue weighted by molar-refractivity contribution is 5.93. The van der Waals surface area contributed by atoms with E-state index in [9.17, 15) is 18.0 Å². The molecule has 2 aromatic rings. The van der Waals surface area contributed by atoms with Gasteiger partial charge >= 0.3 is 6.18 Å². The molecule has 0 radical (unpaired) electrons. The number of benzene rings is 1. The van der Waals surface area contributed by atoms with E-state index < -0.39 is 17.8 Å². The molecule has 1 aromatic heterocycles. The highest BCUT2D eigenvalue weighted by Crippen LogP contribution is 2.31. The quantitative estimate of drug-likeness (QED) is 0.882. The Bertz CT molecular complexity index is 744. The third kappa shape index (κ3) is 4.44. The van der Waals surface area contributed by atoms with E-state index in [0.29, 0.717) is 13.0 Å². The minimum Gasteiger partial charge on any atom is -0.368 e. The number of rotatable bonds is 4. The van der Waals surface area contributed by atoms with Crippen molar-refractivity contribution in [1.82, 2.24) is 10.2 Å². The number of nitrogens with one attached hydrogen (secondary N) is 2. The molecule has 2 heterocycles. The van der Waals surface area contributed by atoms with E-state index in [-0.39, 0.29) is 23.2 Å². The molecule has 2 N–H and O–H groups in total. The van der Waals surface area contributed by atoms with Gasteiger partial charge in [0.15, 0.2) is 11.6 Å². The van der Waals surface area contributed by atoms with Crippen molar-refractivity contribution in [2.75, 3.05) is 17.2 Å². The molecule has 1 aliphatic rings. The van der Waals surface area contributed by atoms with Gasteiger partial charge in [-0.05, 0) is 43.2 Å². The summed E-state index contributed by atoms with van der Waals surface area (Å²) < 4.78 is 43.4. The summed E-state index contributed by atoms with van der Waals surface area (Å²) in [5.74, 6) is 0.218. The topological polar surface area (TPSA) is 76.1 Å². The molecule has 0 aliphatic carbocycles. The summed E-state index contributed by atoms with van der Waals surface area (Å²) in [5.41, 5.74) is -0.522. The second-order valence-corrected chi connectivity index (χ2v) is 5.50. The van der Waals surface area contributed by atoms with Crippen molar-refractivity contribution >= 4 is 23.2 Å². The molecule has 9 heteroatoms. The Morgan fingerprint density at radius 3 is 2.56 bits per heavy atom. The van der Waals surface area contributed by atoms with E-state index in [1.165, 1.54) is 24.3 Å². The fourth-order valence-electron chi connectivity index (χ4n) is 2.38. The minimum absolute atomic E-state index is 0.236. The molecule has 1 atom stereocenters. The number of amides is 1. The van der Waals surface area contributed by atoms with Crippen LogP contribution in [0.1, 0.15) is 18.4 Å². The SMILES string of the molecule is O=C(Nc1ccc(Nc2cccc(C(F)(F)F)c2)nn1)C1CCCO1. The number of anilines is 3. The molecular formula is C16H15F3N4O2. The molecule has 1 fully saturated rings. The number of ether oxygens (including phenoxy) is 1. The van der Waals surface area contributed by atoms with Crippen LogP contribution in [0.3, 0.4) is 0 Å². The van der Waals surface area contributed by atoms with E-state index in [2.05, 4.69) is 20.8 Å². The average molecular weight is 352 g/mol. The first-order valence-electron chi connectivity index (χ1n) is 7.62. The molecule has 0 bridgehead atoms. The molecule has 132 valence electrons. The Morgan fingerprint density at radius 1 is 1.16 bits per heavy atom. The van der Waals surface area contributed by atoms with Gasteiger partial charge in [0, 0.05) is 12.3 Å². The van der Waals surface area contributed by atoms with Crippen LogP contribution in [0.15, 0.2) is 36.4 Å². The fraction of sp³-hybridized carbons (Fsp3) is 0.312. The lowest BCUT2D eigenvalue weighted by atomic mass is 10.2. The van der Waals surface area contributed by atoms with E-state index in [1.54, 1.807) is 0 Å². The largest absolute Gasteiger partial charge is 0.416 e. The Hall–Kier alpha value is -2.68. The standard InChI is InChI=1S/C16H15F3N4O2/c17-16(18,19)10-3-1-4-11(9-10)20-13-6-7-14(23-22-13)21-15(24)12-5-2-8-25-12/h1,3-4,6-7,9,12H,2,5,8H2,(H,20,22)(H,21,23,24). The van der Waals surface area contributed by atoms with Gasteiger partial charge in [-0.3, -0.25) is 4.79 Å². The molecule has 3 rings (SSSR count). The van der Waals surface area contributed by atoms with Gasteiger partial charge in [-0.15, -0.1) is 10.2 Å². The molecule has 1 aliphatic heterocycles. The Labute approximate surface area is 141 Å². The number of carbonyl (C=O) groups excluding carboxylic acids is 1. The molecule has 6 nitrogen and oxygen atoms in total. The zero-order chi connectivity index (χ0) is 17.9. The Balaban J connectivity index is 1.63. The third-order valence-electron chi connectivity index (χ3n) is 3.60. The maximum Gasteiger partial charge on any atom is 0.416 e. The first kappa shape index (κ1) is 17.2. The van der Waals surface area contributed by atoms with Crippen LogP contribution in [-0.4, -0.2) is 28.8 Å². The maximum atomic E-state index is 12.7. The van der Waals surface area contributed by atoms with Crippen molar-refractivity contribution < 1.29 is 22.7 Å². The summed E-state index contributed by atoms with van der Waals surface area (Å²) in [7, 11) is 0. The third-order valence-corrected chi connectivity index (χ3v) is 3.60. The van der Waals surface area contributed by atoms with Crippen LogP contribution in [0.2, 0.25) is 0 Å². The van der Waals surface area contributed by atoms with Gasteiger partial charge in [0.2, 0.25) is 0 Å². The summed E-state index contributed by atoms with van der Waals surface area (Å²) >= 11 is 0. The lowest BCUT2D eigenvalue weighted by molar-refractivity contribution is -0.137. The van der Waals surface area contributed by atoms with Crippen LogP contribution in [-0.2, 0) is 15.7 Å². The number of hydrogen-bond donors (Lipinski definition) is 2. The summed E-state index contributed by atoms with van der Waals surface area (Å²) in [4.78, 5) is 11.9. The van der Waals surface area contributed by atoms with Gasteiger partial charge in [0.1, 0.15) is 6.10 Å². The number of halogens is 3. The summed E-state index contributed by atoms with van der Waals surface area (Å²) in [6.07, 6.45) is -3.40. The number of hydrogen-bond acceptors (Lipinski definition) is 5. The molecule has 1 amide bonds. The highest BCUT2D eigenvalue weighted by atomic mass is 19.4. The summed E-state index contributed by atoms with van der Waals surface area (Å²) in [6, 6.07) is 7.78. The van der Waals surface area contributed by atoms with Gasteiger partial charge in [0.25, 0.3) is 5.91 Å². The zero-order valence-corrected chi connectivity index (χ0v) is 13.0. The van der Waals surface area contributed by atoms with Crippen molar-refractivity contribution in [2.45, 2.75) is 25.1 Å². The first-order chi connectivity index (χ1) is 11.9. The van der Waals surface area contributed by atoms with Gasteiger partial charge in [-0.2, -0.15) is 13.2 Å². The van der Waals surface area contributed by atoms with Crippen LogP contribution < -0.4 is 10.6 Å². The lowest BCUT2D eigenvalue weighted by Gasteiger charge is -2.11. The number of aromatic nitrogens is 2. The van der Waals surface area contributed by atoms with E-state index in [4.69, 9.17) is 4.74 Å². The van der Waals surface area contributed by atoms with Crippen LogP contribution in [0, 0.1) is 0 Å². The van der Waals surface area contributed by atoms with Gasteiger partial charge in [-0.25, -0.2) is 0 Å². The Kier molecular flexibility index (Phi) is 4.84. The van der Waals surface area contributed by atoms with E-state index in [1.807, 2.05) is 0 Å². The average Bonchev–Trinajstić information content (AvgIpc) is 3.11. The monoisotopic (exact) mass is 352 g/mol. The molecule has 0 spiro atoms. The number of carbonyl (C=O) groups is 1. The minimum atomic E-state index is -4.42. The van der Waals surface area contributed by atoms with Crippen LogP contribution in [0.5, 0.6) is 0 Å². The number of nitrogens with zero attached hydrogens (tertiary/aromatic N) is 2. The second-order valence-electron chi connectivity index (χ2n) is 5.50. The molecule has 1 saturated heterocycles. The van der Waals surface area contributed by atoms with Crippen LogP contribution >= 0.6 is 0 Å². The van der Waals surface area contributed by atoms with Crippen molar-refractivity contribution in [3.05, 3.63) is 42.0 Å². The van der Waals surface area contributed by atoms with E-state index >= 15 is 0 Å². The zero-order valence-electron chi connectivity index (χ0n) is 13.0. The maximum absolute atomic E-state index is 12.7. The van der Waals surface area contributed by atoms with Crippen molar-refractivity contribution in [2.24, 2.45) is 0 Å². The summed E-state index contributed by atoms with van der Waals surface area (Å²) in [6.45, 7) is 0.559. The van der Waals surface area contributed by atoms with Crippen LogP contribution in [0.25, 0.3) is 0 Å². The van der Waals surface area contributed by atoms with Gasteiger partial charge < -0.3 is 15.4 Å². The second kappa shape index (κ2) is 7.06. The molecular weight excluding hydrogens is 337 g/mol.